The van der Waals surface area contributed by atoms with E-state index in [-0.39, 0.29) is 0 Å². The van der Waals surface area contributed by atoms with Crippen LogP contribution in [0.3, 0.4) is 0 Å². The number of para-hydroxylation sites is 1. The van der Waals surface area contributed by atoms with Gasteiger partial charge in [0.2, 0.25) is 0 Å². The van der Waals surface area contributed by atoms with Crippen LogP contribution in [0.5, 0.6) is 0 Å². The number of aromatic nitrogens is 4. The maximum absolute atomic E-state index is 5.32. The van der Waals surface area contributed by atoms with E-state index >= 15 is 0 Å². The summed E-state index contributed by atoms with van der Waals surface area (Å²) in [5.41, 5.74) is 9.20. The summed E-state index contributed by atoms with van der Waals surface area (Å²) in [5.74, 6) is 1.87. The molecule has 0 amide bonds. The summed E-state index contributed by atoms with van der Waals surface area (Å²) in [4.78, 5) is 15.9. The molecule has 0 N–H and O–H groups in total. The molecular formula is C53H33IN4. The molecule has 4 nitrogen and oxygen atoms in total. The van der Waals surface area contributed by atoms with Crippen LogP contribution in [0.2, 0.25) is 0 Å². The van der Waals surface area contributed by atoms with E-state index in [9.17, 15) is 0 Å². The molecule has 272 valence electrons. The third-order valence-corrected chi connectivity index (χ3v) is 17.6. The number of nitrogens with zero attached hydrogens (tertiary/aromatic N) is 4. The van der Waals surface area contributed by atoms with Gasteiger partial charge in [0.05, 0.1) is 0 Å². The molecule has 5 heteroatoms. The Morgan fingerprint density at radius 1 is 0.345 bits per heavy atom. The number of fused-ring (bicyclic) bond motifs is 8. The summed E-state index contributed by atoms with van der Waals surface area (Å²) in [5, 5.41) is 6.81. The van der Waals surface area contributed by atoms with Crippen LogP contribution in [-0.4, -0.2) is 19.5 Å². The number of hydrogen-bond acceptors (Lipinski definition) is 3. The molecule has 9 aromatic carbocycles. The number of benzene rings is 9. The van der Waals surface area contributed by atoms with Gasteiger partial charge in [0, 0.05) is 11.1 Å². The Hall–Kier alpha value is -6.96. The average molecular weight is 853 g/mol. The molecule has 0 radical (unpaired) electrons. The zero-order valence-corrected chi connectivity index (χ0v) is 33.4. The predicted octanol–water partition coefficient (Wildman–Crippen LogP) is 13.7. The van der Waals surface area contributed by atoms with Crippen molar-refractivity contribution >= 4 is 63.2 Å². The fraction of sp³-hybridized carbons (Fsp3) is 0. The van der Waals surface area contributed by atoms with Crippen LogP contribution in [0.15, 0.2) is 200 Å². The average Bonchev–Trinajstić information content (AvgIpc) is 3.81. The van der Waals surface area contributed by atoms with E-state index in [0.29, 0.717) is 17.6 Å². The van der Waals surface area contributed by atoms with Gasteiger partial charge in [-0.1, -0.05) is 84.9 Å². The van der Waals surface area contributed by atoms with Crippen LogP contribution in [0.25, 0.3) is 94.3 Å². The van der Waals surface area contributed by atoms with Gasteiger partial charge in [0.25, 0.3) is 0 Å². The van der Waals surface area contributed by atoms with Crippen LogP contribution in [0.4, 0.5) is 0 Å². The van der Waals surface area contributed by atoms with Crippen molar-refractivity contribution in [3.8, 4) is 51.0 Å². The molecule has 1 aliphatic rings. The van der Waals surface area contributed by atoms with E-state index in [1.54, 1.807) is 0 Å². The van der Waals surface area contributed by atoms with Crippen molar-refractivity contribution in [3.63, 3.8) is 0 Å². The normalized spacial score (nSPS) is 12.7. The van der Waals surface area contributed by atoms with E-state index in [1.807, 2.05) is 0 Å². The maximum atomic E-state index is 5.32. The molecule has 58 heavy (non-hydrogen) atoms. The minimum atomic E-state index is -1.79. The van der Waals surface area contributed by atoms with Gasteiger partial charge in [-0.3, -0.25) is 0 Å². The first kappa shape index (κ1) is 33.2. The second kappa shape index (κ2) is 13.3. The Labute approximate surface area is 342 Å². The Bertz CT molecular complexity index is 3320. The minimum absolute atomic E-state index is 0.589. The van der Waals surface area contributed by atoms with E-state index < -0.39 is 19.8 Å². The molecule has 0 aliphatic carbocycles. The number of rotatable bonds is 5. The van der Waals surface area contributed by atoms with E-state index in [2.05, 4.69) is 205 Å². The fourth-order valence-electron chi connectivity index (χ4n) is 8.72. The molecule has 0 bridgehead atoms. The first-order valence-electron chi connectivity index (χ1n) is 19.5. The zero-order valence-electron chi connectivity index (χ0n) is 31.2. The van der Waals surface area contributed by atoms with Crippen molar-refractivity contribution in [2.45, 2.75) is 0 Å². The molecule has 0 saturated carbocycles. The first-order chi connectivity index (χ1) is 28.8. The fourth-order valence-corrected chi connectivity index (χ4v) is 15.0. The van der Waals surface area contributed by atoms with E-state index in [0.717, 1.165) is 54.5 Å². The summed E-state index contributed by atoms with van der Waals surface area (Å²) < 4.78 is 6.73. The zero-order chi connectivity index (χ0) is 38.2. The molecule has 0 spiro atoms. The molecule has 1 aliphatic heterocycles. The van der Waals surface area contributed by atoms with Gasteiger partial charge < -0.3 is 0 Å². The van der Waals surface area contributed by atoms with Gasteiger partial charge in [0.1, 0.15) is 0 Å². The van der Waals surface area contributed by atoms with Crippen LogP contribution >= 0.6 is 19.8 Å². The first-order valence-corrected chi connectivity index (χ1v) is 22.7. The number of hydrogen-bond donors (Lipinski definition) is 0. The quantitative estimate of drug-likeness (QED) is 0.162. The van der Waals surface area contributed by atoms with Crippen molar-refractivity contribution in [3.05, 3.63) is 211 Å². The van der Waals surface area contributed by atoms with Crippen LogP contribution in [-0.2, 0) is 0 Å². The van der Waals surface area contributed by atoms with Crippen molar-refractivity contribution < 1.29 is 0 Å². The summed E-state index contributed by atoms with van der Waals surface area (Å²) in [6.45, 7) is 0. The SMILES string of the molecule is c1ccc(I2c3ccccc3-c3cc(-c4ccc5c(c4)c4ccccc4n5-c4nc(-c5cccc6ccccc56)nc(-c5cccc6ccccc56)n4)ccc32)cc1. The van der Waals surface area contributed by atoms with Gasteiger partial charge in [0.15, 0.2) is 0 Å². The molecule has 0 unspecified atom stereocenters. The topological polar surface area (TPSA) is 43.6 Å². The molecular weight excluding hydrogens is 820 g/mol. The molecule has 2 aromatic heterocycles. The van der Waals surface area contributed by atoms with Gasteiger partial charge in [-0.25, -0.2) is 4.98 Å². The van der Waals surface area contributed by atoms with Crippen molar-refractivity contribution in [1.29, 1.82) is 0 Å². The molecule has 12 rings (SSSR count). The monoisotopic (exact) mass is 852 g/mol. The van der Waals surface area contributed by atoms with Crippen molar-refractivity contribution in [1.82, 2.24) is 19.5 Å². The van der Waals surface area contributed by atoms with Crippen LogP contribution in [0.1, 0.15) is 0 Å². The Balaban J connectivity index is 1.06. The summed E-state index contributed by atoms with van der Waals surface area (Å²) in [6, 6.07) is 72.3. The molecule has 0 saturated heterocycles. The van der Waals surface area contributed by atoms with Gasteiger partial charge in [-0.2, -0.15) is 0 Å². The summed E-state index contributed by atoms with van der Waals surface area (Å²) in [6.07, 6.45) is 0. The molecule has 0 fully saturated rings. The summed E-state index contributed by atoms with van der Waals surface area (Å²) >= 11 is -1.79. The molecule has 11 aromatic rings. The second-order valence-corrected chi connectivity index (χ2v) is 19.9. The van der Waals surface area contributed by atoms with Gasteiger partial charge in [-0.15, -0.1) is 0 Å². The van der Waals surface area contributed by atoms with Crippen molar-refractivity contribution in [2.75, 3.05) is 0 Å². The number of halogens is 1. The summed E-state index contributed by atoms with van der Waals surface area (Å²) in [7, 11) is 0. The third kappa shape index (κ3) is 5.23. The Morgan fingerprint density at radius 3 is 1.62 bits per heavy atom. The third-order valence-electron chi connectivity index (χ3n) is 11.4. The standard InChI is InChI=1S/C53H33IN4/c1-2-18-38(19-3-1)54-47-26-10-8-22-41(47)45-32-36(28-30-48(45)54)37-29-31-50-46(33-37)42-23-9-11-27-49(42)58(50)53-56-51(43-24-12-16-34-14-4-6-20-39(34)43)55-52(57-53)44-25-13-17-35-15-5-7-21-40(35)44/h1-33H. The second-order valence-electron chi connectivity index (χ2n) is 14.7. The Kier molecular flexibility index (Phi) is 7.63. The van der Waals surface area contributed by atoms with E-state index in [4.69, 9.17) is 15.0 Å². The van der Waals surface area contributed by atoms with Crippen LogP contribution in [0, 0.1) is 10.7 Å². The van der Waals surface area contributed by atoms with Crippen molar-refractivity contribution in [2.24, 2.45) is 0 Å². The van der Waals surface area contributed by atoms with Gasteiger partial charge >= 0.3 is 222 Å². The predicted molar refractivity (Wildman–Crippen MR) is 247 cm³/mol. The van der Waals surface area contributed by atoms with Crippen LogP contribution < -0.4 is 0 Å². The van der Waals surface area contributed by atoms with Gasteiger partial charge in [-0.05, 0) is 21.5 Å². The molecule has 0 atom stereocenters. The Morgan fingerprint density at radius 2 is 0.879 bits per heavy atom. The molecule has 3 heterocycles. The van der Waals surface area contributed by atoms with E-state index in [1.165, 1.54) is 33.0 Å².